The van der Waals surface area contributed by atoms with Crippen molar-refractivity contribution in [1.82, 2.24) is 5.32 Å². The normalized spacial score (nSPS) is 10.2. The van der Waals surface area contributed by atoms with Crippen molar-refractivity contribution >= 4 is 28.9 Å². The number of benzene rings is 3. The van der Waals surface area contributed by atoms with Crippen molar-refractivity contribution in [2.75, 3.05) is 18.1 Å². The Hall–Kier alpha value is -3.18. The first-order valence-electron chi connectivity index (χ1n) is 9.62. The number of nitrogens with one attached hydrogen (secondary N) is 1. The van der Waals surface area contributed by atoms with Gasteiger partial charge in [0, 0.05) is 24.2 Å². The monoisotopic (exact) mass is 404 g/mol. The van der Waals surface area contributed by atoms with E-state index in [1.165, 1.54) is 5.56 Å². The highest BCUT2D eigenvalue weighted by atomic mass is 32.1. The Bertz CT molecular complexity index is 945. The topological polar surface area (TPSA) is 41.6 Å². The summed E-state index contributed by atoms with van der Waals surface area (Å²) in [6, 6.07) is 27.1. The molecule has 0 aliphatic rings. The van der Waals surface area contributed by atoms with Crippen LogP contribution in [0.25, 0.3) is 0 Å². The number of hydrogen-bond acceptors (Lipinski definition) is 3. The van der Waals surface area contributed by atoms with Crippen LogP contribution in [-0.2, 0) is 6.42 Å². The van der Waals surface area contributed by atoms with E-state index in [1.54, 1.807) is 12.1 Å². The minimum Gasteiger partial charge on any atom is -0.493 e. The van der Waals surface area contributed by atoms with E-state index in [9.17, 15) is 4.79 Å². The zero-order chi connectivity index (χ0) is 20.5. The molecule has 3 aromatic carbocycles. The molecule has 0 radical (unpaired) electrons. The van der Waals surface area contributed by atoms with Crippen LogP contribution in [0, 0.1) is 0 Å². The molecule has 0 aliphatic heterocycles. The quantitative estimate of drug-likeness (QED) is 0.572. The maximum atomic E-state index is 12.7. The van der Waals surface area contributed by atoms with Crippen LogP contribution in [0.4, 0.5) is 5.69 Å². The molecular weight excluding hydrogens is 380 g/mol. The molecule has 0 aliphatic carbocycles. The fourth-order valence-corrected chi connectivity index (χ4v) is 3.27. The van der Waals surface area contributed by atoms with E-state index < -0.39 is 0 Å². The van der Waals surface area contributed by atoms with Crippen LogP contribution >= 0.6 is 12.2 Å². The Morgan fingerprint density at radius 1 is 0.966 bits per heavy atom. The van der Waals surface area contributed by atoms with Crippen LogP contribution in [0.15, 0.2) is 84.9 Å². The fourth-order valence-electron chi connectivity index (χ4n) is 2.95. The number of hydrogen-bond donors (Lipinski definition) is 1. The second kappa shape index (κ2) is 10.4. The van der Waals surface area contributed by atoms with Crippen molar-refractivity contribution in [2.45, 2.75) is 13.3 Å². The number of carbonyl (C=O) groups is 1. The van der Waals surface area contributed by atoms with Crippen LogP contribution < -0.4 is 15.0 Å². The van der Waals surface area contributed by atoms with Gasteiger partial charge in [-0.2, -0.15) is 0 Å². The zero-order valence-corrected chi connectivity index (χ0v) is 17.2. The van der Waals surface area contributed by atoms with Gasteiger partial charge < -0.3 is 9.64 Å². The van der Waals surface area contributed by atoms with E-state index in [0.717, 1.165) is 12.1 Å². The zero-order valence-electron chi connectivity index (χ0n) is 16.4. The van der Waals surface area contributed by atoms with E-state index in [2.05, 4.69) is 17.4 Å². The molecule has 1 amide bonds. The highest BCUT2D eigenvalue weighted by molar-refractivity contribution is 7.80. The predicted octanol–water partition coefficient (Wildman–Crippen LogP) is 4.85. The molecule has 0 saturated carbocycles. The highest BCUT2D eigenvalue weighted by Crippen LogP contribution is 2.16. The predicted molar refractivity (Wildman–Crippen MR) is 122 cm³/mol. The molecule has 4 nitrogen and oxygen atoms in total. The van der Waals surface area contributed by atoms with Crippen molar-refractivity contribution < 1.29 is 9.53 Å². The molecule has 3 aromatic rings. The number of rotatable bonds is 7. The van der Waals surface area contributed by atoms with E-state index in [4.69, 9.17) is 17.0 Å². The van der Waals surface area contributed by atoms with Crippen molar-refractivity contribution in [1.29, 1.82) is 0 Å². The van der Waals surface area contributed by atoms with Gasteiger partial charge in [-0.05, 0) is 55.0 Å². The van der Waals surface area contributed by atoms with Gasteiger partial charge in [0.15, 0.2) is 5.11 Å². The molecule has 0 atom stereocenters. The van der Waals surface area contributed by atoms with Gasteiger partial charge in [0.2, 0.25) is 0 Å². The maximum Gasteiger partial charge on any atom is 0.257 e. The van der Waals surface area contributed by atoms with Gasteiger partial charge in [0.25, 0.3) is 5.91 Å². The molecular formula is C24H24N2O2S. The lowest BCUT2D eigenvalue weighted by Gasteiger charge is -2.23. The van der Waals surface area contributed by atoms with Gasteiger partial charge in [-0.25, -0.2) is 0 Å². The molecule has 0 unspecified atom stereocenters. The Morgan fingerprint density at radius 3 is 2.34 bits per heavy atom. The molecule has 3 rings (SSSR count). The van der Waals surface area contributed by atoms with Gasteiger partial charge >= 0.3 is 0 Å². The lowest BCUT2D eigenvalue weighted by atomic mass is 10.2. The SMILES string of the molecule is CCN(C(=S)NC(=O)c1cccc(OCCc2ccccc2)c1)c1ccccc1. The fraction of sp³-hybridized carbons (Fsp3) is 0.167. The third-order valence-corrected chi connectivity index (χ3v) is 4.77. The van der Waals surface area contributed by atoms with Crippen LogP contribution in [0.2, 0.25) is 0 Å². The van der Waals surface area contributed by atoms with E-state index in [-0.39, 0.29) is 5.91 Å². The molecule has 148 valence electrons. The summed E-state index contributed by atoms with van der Waals surface area (Å²) < 4.78 is 5.82. The number of nitrogens with zero attached hydrogens (tertiary/aromatic N) is 1. The number of carbonyl (C=O) groups excluding carboxylic acids is 1. The summed E-state index contributed by atoms with van der Waals surface area (Å²) in [6.45, 7) is 3.20. The number of anilines is 1. The summed E-state index contributed by atoms with van der Waals surface area (Å²) in [6.07, 6.45) is 0.809. The average molecular weight is 405 g/mol. The molecule has 29 heavy (non-hydrogen) atoms. The summed E-state index contributed by atoms with van der Waals surface area (Å²) >= 11 is 5.45. The first kappa shape index (κ1) is 20.6. The minimum absolute atomic E-state index is 0.252. The van der Waals surface area contributed by atoms with Crippen molar-refractivity contribution in [2.24, 2.45) is 0 Å². The molecule has 0 aromatic heterocycles. The molecule has 0 bridgehead atoms. The summed E-state index contributed by atoms with van der Waals surface area (Å²) in [4.78, 5) is 14.6. The third kappa shape index (κ3) is 5.90. The molecule has 1 N–H and O–H groups in total. The minimum atomic E-state index is -0.252. The Balaban J connectivity index is 1.59. The molecule has 0 saturated heterocycles. The summed E-state index contributed by atoms with van der Waals surface area (Å²) in [7, 11) is 0. The maximum absolute atomic E-state index is 12.7. The summed E-state index contributed by atoms with van der Waals surface area (Å²) in [5.74, 6) is 0.410. The standard InChI is InChI=1S/C24H24N2O2S/c1-2-26(21-13-7-4-8-14-21)24(29)25-23(27)20-12-9-15-22(18-20)28-17-16-19-10-5-3-6-11-19/h3-15,18H,2,16-17H2,1H3,(H,25,27,29). The van der Waals surface area contributed by atoms with Crippen LogP contribution in [0.5, 0.6) is 5.75 Å². The third-order valence-electron chi connectivity index (χ3n) is 4.45. The summed E-state index contributed by atoms with van der Waals surface area (Å²) in [5, 5.41) is 3.19. The van der Waals surface area contributed by atoms with Gasteiger partial charge in [-0.15, -0.1) is 0 Å². The first-order chi connectivity index (χ1) is 14.2. The number of para-hydroxylation sites is 1. The second-order valence-corrected chi connectivity index (χ2v) is 6.84. The highest BCUT2D eigenvalue weighted by Gasteiger charge is 2.14. The van der Waals surface area contributed by atoms with Crippen LogP contribution in [0.1, 0.15) is 22.8 Å². The van der Waals surface area contributed by atoms with Crippen LogP contribution in [0.3, 0.4) is 0 Å². The smallest absolute Gasteiger partial charge is 0.257 e. The lowest BCUT2D eigenvalue weighted by Crippen LogP contribution is -2.42. The van der Waals surface area contributed by atoms with E-state index in [1.807, 2.05) is 72.5 Å². The van der Waals surface area contributed by atoms with E-state index >= 15 is 0 Å². The molecule has 5 heteroatoms. The largest absolute Gasteiger partial charge is 0.493 e. The van der Waals surface area contributed by atoms with Gasteiger partial charge in [0.05, 0.1) is 6.61 Å². The molecule has 0 heterocycles. The second-order valence-electron chi connectivity index (χ2n) is 6.45. The van der Waals surface area contributed by atoms with Crippen molar-refractivity contribution in [3.8, 4) is 5.75 Å². The average Bonchev–Trinajstić information content (AvgIpc) is 2.76. The van der Waals surface area contributed by atoms with Gasteiger partial charge in [-0.1, -0.05) is 54.6 Å². The number of amides is 1. The van der Waals surface area contributed by atoms with Crippen molar-refractivity contribution in [3.05, 3.63) is 96.1 Å². The number of thiocarbonyl (C=S) groups is 1. The summed E-state index contributed by atoms with van der Waals surface area (Å²) in [5.41, 5.74) is 2.67. The first-order valence-corrected chi connectivity index (χ1v) is 10.0. The Kier molecular flexibility index (Phi) is 7.36. The molecule has 0 spiro atoms. The number of ether oxygens (including phenoxy) is 1. The van der Waals surface area contributed by atoms with Gasteiger partial charge in [-0.3, -0.25) is 10.1 Å². The van der Waals surface area contributed by atoms with Gasteiger partial charge in [0.1, 0.15) is 5.75 Å². The van der Waals surface area contributed by atoms with Crippen LogP contribution in [-0.4, -0.2) is 24.2 Å². The Morgan fingerprint density at radius 2 is 1.66 bits per heavy atom. The van der Waals surface area contributed by atoms with E-state index in [0.29, 0.717) is 29.6 Å². The van der Waals surface area contributed by atoms with Crippen molar-refractivity contribution in [3.63, 3.8) is 0 Å². The Labute approximate surface area is 177 Å². The lowest BCUT2D eigenvalue weighted by molar-refractivity contribution is 0.0976. The molecule has 0 fully saturated rings.